The van der Waals surface area contributed by atoms with Gasteiger partial charge in [-0.05, 0) is 0 Å². The molecular formula is C6H8N2O2S. The van der Waals surface area contributed by atoms with Crippen LogP contribution in [0.4, 0.5) is 5.13 Å². The van der Waals surface area contributed by atoms with E-state index < -0.39 is 5.97 Å². The highest BCUT2D eigenvalue weighted by molar-refractivity contribution is 7.12. The Labute approximate surface area is 67.9 Å². The summed E-state index contributed by atoms with van der Waals surface area (Å²) in [6.07, 6.45) is 1.76. The molecule has 0 unspecified atom stereocenters. The molecule has 1 aromatic rings. The summed E-state index contributed by atoms with van der Waals surface area (Å²) in [5.41, 5.74) is 5.49. The van der Waals surface area contributed by atoms with Crippen LogP contribution in [0.2, 0.25) is 0 Å². The lowest BCUT2D eigenvalue weighted by molar-refractivity contribution is -0.678. The van der Waals surface area contributed by atoms with Gasteiger partial charge in [0, 0.05) is 17.8 Å². The molecule has 0 radical (unpaired) electrons. The Morgan fingerprint density at radius 3 is 3.00 bits per heavy atom. The van der Waals surface area contributed by atoms with Crippen molar-refractivity contribution in [2.24, 2.45) is 0 Å². The van der Waals surface area contributed by atoms with Crippen molar-refractivity contribution >= 4 is 22.4 Å². The van der Waals surface area contributed by atoms with Crippen molar-refractivity contribution in [3.63, 3.8) is 0 Å². The van der Waals surface area contributed by atoms with Crippen molar-refractivity contribution in [2.45, 2.75) is 13.0 Å². The Kier molecular flexibility index (Phi) is 2.43. The topological polar surface area (TPSA) is 70.0 Å². The summed E-state index contributed by atoms with van der Waals surface area (Å²) in [6.45, 7) is 0.387. The Bertz CT molecular complexity index is 259. The Morgan fingerprint density at radius 2 is 2.55 bits per heavy atom. The Hall–Kier alpha value is -1.10. The summed E-state index contributed by atoms with van der Waals surface area (Å²) in [6, 6.07) is 0. The van der Waals surface area contributed by atoms with Crippen molar-refractivity contribution in [2.75, 3.05) is 5.73 Å². The number of aliphatic carboxylic acids is 1. The van der Waals surface area contributed by atoms with Gasteiger partial charge in [0.05, 0.1) is 6.54 Å². The van der Waals surface area contributed by atoms with Crippen LogP contribution in [-0.4, -0.2) is 5.97 Å². The molecule has 0 aliphatic rings. The molecule has 0 amide bonds. The number of nitrogens with two attached hydrogens (primary N) is 1. The zero-order chi connectivity index (χ0) is 8.27. The lowest BCUT2D eigenvalue weighted by Gasteiger charge is -1.98. The van der Waals surface area contributed by atoms with Gasteiger partial charge < -0.3 is 9.90 Å². The smallest absolute Gasteiger partial charge is 0.331 e. The SMILES string of the molecule is Nc1scc[n+]1CCC(=O)[O-]. The van der Waals surface area contributed by atoms with Crippen LogP contribution >= 0.6 is 11.3 Å². The van der Waals surface area contributed by atoms with Crippen LogP contribution in [0.5, 0.6) is 0 Å². The molecule has 0 spiro atoms. The van der Waals surface area contributed by atoms with E-state index in [4.69, 9.17) is 5.73 Å². The van der Waals surface area contributed by atoms with Crippen LogP contribution in [0.3, 0.4) is 0 Å². The van der Waals surface area contributed by atoms with Gasteiger partial charge in [0.25, 0.3) is 0 Å². The van der Waals surface area contributed by atoms with Crippen LogP contribution in [0, 0.1) is 0 Å². The lowest BCUT2D eigenvalue weighted by Crippen LogP contribution is -2.37. The van der Waals surface area contributed by atoms with Gasteiger partial charge in [0.15, 0.2) is 0 Å². The van der Waals surface area contributed by atoms with E-state index in [1.807, 2.05) is 5.38 Å². The van der Waals surface area contributed by atoms with Crippen molar-refractivity contribution in [1.82, 2.24) is 0 Å². The van der Waals surface area contributed by atoms with Crippen molar-refractivity contribution in [3.8, 4) is 0 Å². The first-order chi connectivity index (χ1) is 5.20. The average molecular weight is 172 g/mol. The first-order valence-corrected chi connectivity index (χ1v) is 4.00. The maximum Gasteiger partial charge on any atom is 0.331 e. The van der Waals surface area contributed by atoms with Crippen LogP contribution < -0.4 is 15.4 Å². The fraction of sp³-hybridized carbons (Fsp3) is 0.333. The number of thiazole rings is 1. The van der Waals surface area contributed by atoms with E-state index in [1.165, 1.54) is 11.3 Å². The molecule has 11 heavy (non-hydrogen) atoms. The normalized spacial score (nSPS) is 9.82. The van der Waals surface area contributed by atoms with Gasteiger partial charge in [-0.15, -0.1) is 0 Å². The molecule has 4 nitrogen and oxygen atoms in total. The number of carbonyl (C=O) groups is 1. The van der Waals surface area contributed by atoms with E-state index in [0.29, 0.717) is 11.7 Å². The maximum atomic E-state index is 10.0. The fourth-order valence-corrected chi connectivity index (χ4v) is 1.35. The van der Waals surface area contributed by atoms with Gasteiger partial charge in [0.1, 0.15) is 6.20 Å². The Morgan fingerprint density at radius 1 is 1.82 bits per heavy atom. The molecule has 0 aliphatic carbocycles. The third-order valence-electron chi connectivity index (χ3n) is 1.27. The number of carbonyl (C=O) groups excluding carboxylic acids is 1. The summed E-state index contributed by atoms with van der Waals surface area (Å²) in [5, 5.41) is 12.5. The monoisotopic (exact) mass is 172 g/mol. The summed E-state index contributed by atoms with van der Waals surface area (Å²) < 4.78 is 1.68. The predicted octanol–water partition coefficient (Wildman–Crippen LogP) is -1.24. The molecule has 0 saturated heterocycles. The number of nitrogens with zero attached hydrogens (tertiary/aromatic N) is 1. The quantitative estimate of drug-likeness (QED) is 0.580. The van der Waals surface area contributed by atoms with Gasteiger partial charge >= 0.3 is 5.13 Å². The van der Waals surface area contributed by atoms with E-state index >= 15 is 0 Å². The second kappa shape index (κ2) is 3.34. The molecule has 5 heteroatoms. The first kappa shape index (κ1) is 8.00. The standard InChI is InChI=1S/C6H8N2O2S/c7-6-8(3-4-11-6)2-1-5(9)10/h3-4,7H,1-2H2,(H,9,10). The number of carboxylic acids is 1. The highest BCUT2D eigenvalue weighted by Gasteiger charge is 2.03. The summed E-state index contributed by atoms with van der Waals surface area (Å²) in [4.78, 5) is 10.0. The molecule has 1 aromatic heterocycles. The second-order valence-electron chi connectivity index (χ2n) is 2.06. The Balaban J connectivity index is 2.51. The van der Waals surface area contributed by atoms with Gasteiger partial charge in [-0.3, -0.25) is 5.73 Å². The van der Waals surface area contributed by atoms with Gasteiger partial charge in [0.2, 0.25) is 0 Å². The second-order valence-corrected chi connectivity index (χ2v) is 2.98. The van der Waals surface area contributed by atoms with Crippen molar-refractivity contribution in [3.05, 3.63) is 11.6 Å². The molecule has 0 aliphatic heterocycles. The van der Waals surface area contributed by atoms with Crippen LogP contribution in [0.25, 0.3) is 0 Å². The molecule has 60 valence electrons. The maximum absolute atomic E-state index is 10.0. The highest BCUT2D eigenvalue weighted by atomic mass is 32.1. The molecular weight excluding hydrogens is 164 g/mol. The number of rotatable bonds is 3. The van der Waals surface area contributed by atoms with Crippen LogP contribution in [0.15, 0.2) is 11.6 Å². The molecule has 0 saturated carbocycles. The van der Waals surface area contributed by atoms with Gasteiger partial charge in [-0.2, -0.15) is 0 Å². The third kappa shape index (κ3) is 2.19. The third-order valence-corrected chi connectivity index (χ3v) is 2.00. The summed E-state index contributed by atoms with van der Waals surface area (Å²) in [7, 11) is 0. The van der Waals surface area contributed by atoms with Gasteiger partial charge in [-0.1, -0.05) is 11.3 Å². The molecule has 1 heterocycles. The van der Waals surface area contributed by atoms with Crippen LogP contribution in [0.1, 0.15) is 6.42 Å². The minimum atomic E-state index is -1.05. The summed E-state index contributed by atoms with van der Waals surface area (Å²) >= 11 is 1.38. The minimum Gasteiger partial charge on any atom is -0.550 e. The van der Waals surface area contributed by atoms with Crippen molar-refractivity contribution in [1.29, 1.82) is 0 Å². The number of aromatic nitrogens is 1. The minimum absolute atomic E-state index is 0.00556. The number of carboxylic acid groups (broad SMARTS) is 1. The van der Waals surface area contributed by atoms with E-state index in [9.17, 15) is 9.90 Å². The predicted molar refractivity (Wildman–Crippen MR) is 38.6 cm³/mol. The average Bonchev–Trinajstić information content (AvgIpc) is 2.31. The molecule has 0 fully saturated rings. The van der Waals surface area contributed by atoms with E-state index in [0.717, 1.165) is 0 Å². The lowest BCUT2D eigenvalue weighted by atomic mass is 10.4. The number of hydrogen-bond acceptors (Lipinski definition) is 4. The molecule has 1 rings (SSSR count). The largest absolute Gasteiger partial charge is 0.550 e. The number of nitrogen functional groups attached to an aromatic ring is 1. The number of aryl methyl sites for hydroxylation is 1. The number of hydrogen-bond donors (Lipinski definition) is 1. The summed E-state index contributed by atoms with van der Waals surface area (Å²) in [5.74, 6) is -1.05. The van der Waals surface area contributed by atoms with E-state index in [2.05, 4.69) is 0 Å². The zero-order valence-corrected chi connectivity index (χ0v) is 6.63. The van der Waals surface area contributed by atoms with E-state index in [-0.39, 0.29) is 6.42 Å². The molecule has 0 atom stereocenters. The zero-order valence-electron chi connectivity index (χ0n) is 5.82. The van der Waals surface area contributed by atoms with Gasteiger partial charge in [-0.25, -0.2) is 4.57 Å². The molecule has 0 bridgehead atoms. The molecule has 0 aromatic carbocycles. The van der Waals surface area contributed by atoms with Crippen molar-refractivity contribution < 1.29 is 14.5 Å². The first-order valence-electron chi connectivity index (χ1n) is 3.12. The number of anilines is 1. The highest BCUT2D eigenvalue weighted by Crippen LogP contribution is 2.02. The molecule has 2 N–H and O–H groups in total. The van der Waals surface area contributed by atoms with Crippen LogP contribution in [-0.2, 0) is 11.3 Å². The van der Waals surface area contributed by atoms with E-state index in [1.54, 1.807) is 10.8 Å². The fourth-order valence-electron chi connectivity index (χ4n) is 0.711.